The Morgan fingerprint density at radius 2 is 2.05 bits per heavy atom. The molecule has 0 aliphatic heterocycles. The van der Waals surface area contributed by atoms with Gasteiger partial charge in [-0.25, -0.2) is 4.98 Å². The number of aromatic nitrogens is 2. The lowest BCUT2D eigenvalue weighted by Gasteiger charge is -2.31. The molecule has 108 valence electrons. The molecular formula is C16H29N3. The van der Waals surface area contributed by atoms with Crippen LogP contribution < -0.4 is 5.32 Å². The second-order valence-electron chi connectivity index (χ2n) is 6.15. The number of hydrogen-bond donors (Lipinski definition) is 1. The van der Waals surface area contributed by atoms with Crippen LogP contribution in [-0.4, -0.2) is 22.1 Å². The number of nitrogens with zero attached hydrogens (tertiary/aromatic N) is 2. The number of rotatable bonds is 6. The minimum absolute atomic E-state index is 0.503. The summed E-state index contributed by atoms with van der Waals surface area (Å²) in [4.78, 5) is 4.51. The Morgan fingerprint density at radius 1 is 1.32 bits per heavy atom. The fourth-order valence-electron chi connectivity index (χ4n) is 3.37. The summed E-state index contributed by atoms with van der Waals surface area (Å²) in [6.07, 6.45) is 11.1. The van der Waals surface area contributed by atoms with Crippen LogP contribution in [0.4, 0.5) is 0 Å². The summed E-state index contributed by atoms with van der Waals surface area (Å²) in [7, 11) is 0. The van der Waals surface area contributed by atoms with E-state index in [0.717, 1.165) is 19.0 Å². The minimum atomic E-state index is 0.503. The normalized spacial score (nSPS) is 18.9. The van der Waals surface area contributed by atoms with E-state index in [-0.39, 0.29) is 0 Å². The molecule has 0 amide bonds. The third-order valence-corrected chi connectivity index (χ3v) is 4.34. The van der Waals surface area contributed by atoms with Crippen molar-refractivity contribution < 1.29 is 0 Å². The van der Waals surface area contributed by atoms with Gasteiger partial charge in [0.15, 0.2) is 0 Å². The molecule has 0 spiro atoms. The smallest absolute Gasteiger partial charge is 0.111 e. The van der Waals surface area contributed by atoms with E-state index in [9.17, 15) is 0 Å². The van der Waals surface area contributed by atoms with Gasteiger partial charge in [0.1, 0.15) is 5.82 Å². The summed E-state index contributed by atoms with van der Waals surface area (Å²) in [5, 5.41) is 3.71. The van der Waals surface area contributed by atoms with Gasteiger partial charge in [-0.2, -0.15) is 0 Å². The van der Waals surface area contributed by atoms with Crippen LogP contribution in [0.25, 0.3) is 0 Å². The Labute approximate surface area is 117 Å². The van der Waals surface area contributed by atoms with Crippen LogP contribution in [0.2, 0.25) is 0 Å². The van der Waals surface area contributed by atoms with Crippen molar-refractivity contribution in [3.63, 3.8) is 0 Å². The third-order valence-electron chi connectivity index (χ3n) is 4.34. The first-order valence-electron chi connectivity index (χ1n) is 7.96. The van der Waals surface area contributed by atoms with Gasteiger partial charge >= 0.3 is 0 Å². The molecule has 1 heterocycles. The van der Waals surface area contributed by atoms with Crippen molar-refractivity contribution in [3.8, 4) is 0 Å². The molecule has 1 N–H and O–H groups in total. The van der Waals surface area contributed by atoms with Gasteiger partial charge in [0, 0.05) is 30.9 Å². The molecule has 1 saturated carbocycles. The van der Waals surface area contributed by atoms with E-state index < -0.39 is 0 Å². The zero-order valence-electron chi connectivity index (χ0n) is 12.7. The minimum Gasteiger partial charge on any atom is -0.333 e. The maximum Gasteiger partial charge on any atom is 0.111 e. The Hall–Kier alpha value is -0.830. The van der Waals surface area contributed by atoms with Gasteiger partial charge < -0.3 is 9.88 Å². The summed E-state index contributed by atoms with van der Waals surface area (Å²) < 4.78 is 2.35. The molecule has 1 aromatic heterocycles. The molecule has 1 fully saturated rings. The van der Waals surface area contributed by atoms with Crippen LogP contribution in [-0.2, 0) is 6.54 Å². The van der Waals surface area contributed by atoms with Crippen LogP contribution >= 0.6 is 0 Å². The predicted octanol–water partition coefficient (Wildman–Crippen LogP) is 3.56. The first kappa shape index (κ1) is 14.6. The van der Waals surface area contributed by atoms with Gasteiger partial charge in [-0.1, -0.05) is 40.0 Å². The fourth-order valence-corrected chi connectivity index (χ4v) is 3.37. The molecule has 1 aliphatic carbocycles. The summed E-state index contributed by atoms with van der Waals surface area (Å²) >= 11 is 0. The van der Waals surface area contributed by atoms with Crippen molar-refractivity contribution in [2.75, 3.05) is 6.54 Å². The van der Waals surface area contributed by atoms with Crippen molar-refractivity contribution in [2.45, 2.75) is 71.4 Å². The molecule has 1 unspecified atom stereocenters. The maximum atomic E-state index is 4.51. The van der Waals surface area contributed by atoms with Crippen molar-refractivity contribution >= 4 is 0 Å². The predicted molar refractivity (Wildman–Crippen MR) is 80.4 cm³/mol. The van der Waals surface area contributed by atoms with Gasteiger partial charge in [-0.15, -0.1) is 0 Å². The molecule has 0 aromatic carbocycles. The lowest BCUT2D eigenvalue weighted by atomic mass is 9.83. The van der Waals surface area contributed by atoms with E-state index in [2.05, 4.69) is 41.8 Å². The monoisotopic (exact) mass is 263 g/mol. The van der Waals surface area contributed by atoms with Crippen LogP contribution in [0.5, 0.6) is 0 Å². The Morgan fingerprint density at radius 3 is 2.68 bits per heavy atom. The lowest BCUT2D eigenvalue weighted by Crippen LogP contribution is -2.40. The molecule has 19 heavy (non-hydrogen) atoms. The first-order valence-corrected chi connectivity index (χ1v) is 7.96. The largest absolute Gasteiger partial charge is 0.333 e. The van der Waals surface area contributed by atoms with E-state index in [1.807, 2.05) is 6.20 Å². The van der Waals surface area contributed by atoms with Gasteiger partial charge in [-0.3, -0.25) is 0 Å². The highest BCUT2D eigenvalue weighted by atomic mass is 15.1. The van der Waals surface area contributed by atoms with Crippen molar-refractivity contribution in [1.82, 2.24) is 14.9 Å². The highest BCUT2D eigenvalue weighted by Crippen LogP contribution is 2.27. The van der Waals surface area contributed by atoms with Crippen LogP contribution in [0, 0.1) is 5.92 Å². The highest BCUT2D eigenvalue weighted by Gasteiger charge is 2.24. The lowest BCUT2D eigenvalue weighted by molar-refractivity contribution is 0.248. The van der Waals surface area contributed by atoms with Gasteiger partial charge in [-0.05, 0) is 25.3 Å². The van der Waals surface area contributed by atoms with E-state index >= 15 is 0 Å². The second-order valence-corrected chi connectivity index (χ2v) is 6.15. The summed E-state index contributed by atoms with van der Waals surface area (Å²) in [6, 6.07) is 0.608. The topological polar surface area (TPSA) is 29.9 Å². The van der Waals surface area contributed by atoms with Crippen molar-refractivity contribution in [3.05, 3.63) is 18.2 Å². The zero-order chi connectivity index (χ0) is 13.7. The molecule has 3 nitrogen and oxygen atoms in total. The quantitative estimate of drug-likeness (QED) is 0.850. The summed E-state index contributed by atoms with van der Waals surface area (Å²) in [5.74, 6) is 2.57. The van der Waals surface area contributed by atoms with E-state index in [1.165, 1.54) is 37.9 Å². The van der Waals surface area contributed by atoms with E-state index in [0.29, 0.717) is 12.0 Å². The van der Waals surface area contributed by atoms with E-state index in [4.69, 9.17) is 0 Å². The van der Waals surface area contributed by atoms with Gasteiger partial charge in [0.2, 0.25) is 0 Å². The first-order chi connectivity index (χ1) is 9.22. The number of likely N-dealkylation sites (N-methyl/N-ethyl adjacent to an activating group) is 1. The Kier molecular flexibility index (Phi) is 5.44. The van der Waals surface area contributed by atoms with Gasteiger partial charge in [0.25, 0.3) is 0 Å². The standard InChI is InChI=1S/C16H29N3/c1-4-17-15(14-8-6-5-7-9-14)12-19-11-10-18-16(19)13(2)3/h10-11,13-15,17H,4-9,12H2,1-3H3. The molecule has 3 heteroatoms. The van der Waals surface area contributed by atoms with Crippen LogP contribution in [0.15, 0.2) is 12.4 Å². The molecular weight excluding hydrogens is 234 g/mol. The SMILES string of the molecule is CCNC(Cn1ccnc1C(C)C)C1CCCCC1. The Bertz CT molecular complexity index is 364. The molecule has 1 aromatic rings. The molecule has 0 radical (unpaired) electrons. The fraction of sp³-hybridized carbons (Fsp3) is 0.812. The van der Waals surface area contributed by atoms with Crippen molar-refractivity contribution in [2.24, 2.45) is 5.92 Å². The number of hydrogen-bond acceptors (Lipinski definition) is 2. The highest BCUT2D eigenvalue weighted by molar-refractivity contribution is 4.98. The summed E-state index contributed by atoms with van der Waals surface area (Å²) in [6.45, 7) is 8.80. The summed E-state index contributed by atoms with van der Waals surface area (Å²) in [5.41, 5.74) is 0. The third kappa shape index (κ3) is 3.82. The van der Waals surface area contributed by atoms with Crippen molar-refractivity contribution in [1.29, 1.82) is 0 Å². The average molecular weight is 263 g/mol. The van der Waals surface area contributed by atoms with Gasteiger partial charge in [0.05, 0.1) is 0 Å². The zero-order valence-corrected chi connectivity index (χ0v) is 12.7. The van der Waals surface area contributed by atoms with Crippen LogP contribution in [0.1, 0.15) is 64.6 Å². The maximum absolute atomic E-state index is 4.51. The molecule has 1 aliphatic rings. The molecule has 1 atom stereocenters. The Balaban J connectivity index is 2.04. The number of nitrogens with one attached hydrogen (secondary N) is 1. The molecule has 0 bridgehead atoms. The molecule has 0 saturated heterocycles. The van der Waals surface area contributed by atoms with E-state index in [1.54, 1.807) is 0 Å². The molecule has 2 rings (SSSR count). The second kappa shape index (κ2) is 7.09. The average Bonchev–Trinajstić information content (AvgIpc) is 2.88. The number of imidazole rings is 1. The van der Waals surface area contributed by atoms with Crippen LogP contribution in [0.3, 0.4) is 0 Å².